The minimum Gasteiger partial charge on any atom is -0.496 e. The number of hydrogen-bond acceptors (Lipinski definition) is 2. The third-order valence-corrected chi connectivity index (χ3v) is 5.47. The Morgan fingerprint density at radius 3 is 2.24 bits per heavy atom. The highest BCUT2D eigenvalue weighted by Crippen LogP contribution is 2.43. The Balaban J connectivity index is 1.68. The first-order valence-electron chi connectivity index (χ1n) is 10.0. The van der Waals surface area contributed by atoms with Gasteiger partial charge in [-0.25, -0.2) is 0 Å². The Kier molecular flexibility index (Phi) is 5.64. The van der Waals surface area contributed by atoms with Crippen LogP contribution in [-0.4, -0.2) is 17.8 Å². The second-order valence-electron chi connectivity index (χ2n) is 7.66. The lowest BCUT2D eigenvalue weighted by Gasteiger charge is -2.35. The Bertz CT molecular complexity index is 1020. The van der Waals surface area contributed by atoms with Crippen LogP contribution in [0.3, 0.4) is 0 Å². The van der Waals surface area contributed by atoms with E-state index in [1.54, 1.807) is 7.11 Å². The van der Waals surface area contributed by atoms with Crippen LogP contribution in [0.4, 0.5) is 0 Å². The first-order chi connectivity index (χ1) is 14.2. The number of rotatable bonds is 5. The highest BCUT2D eigenvalue weighted by molar-refractivity contribution is 5.85. The second-order valence-corrected chi connectivity index (χ2v) is 7.66. The van der Waals surface area contributed by atoms with Gasteiger partial charge in [-0.1, -0.05) is 91.0 Å². The summed E-state index contributed by atoms with van der Waals surface area (Å²) >= 11 is 0. The quantitative estimate of drug-likeness (QED) is 0.585. The lowest BCUT2D eigenvalue weighted by molar-refractivity contribution is 0.0457. The molecule has 1 atom stereocenters. The lowest BCUT2D eigenvalue weighted by Crippen LogP contribution is -2.35. The van der Waals surface area contributed by atoms with Crippen LogP contribution in [-0.2, 0) is 6.42 Å². The van der Waals surface area contributed by atoms with E-state index in [0.717, 1.165) is 28.0 Å². The number of benzene rings is 3. The van der Waals surface area contributed by atoms with Gasteiger partial charge < -0.3 is 9.84 Å². The van der Waals surface area contributed by atoms with Crippen molar-refractivity contribution in [2.24, 2.45) is 0 Å². The Morgan fingerprint density at radius 2 is 1.55 bits per heavy atom. The van der Waals surface area contributed by atoms with E-state index in [-0.39, 0.29) is 0 Å². The monoisotopic (exact) mass is 382 g/mol. The fourth-order valence-electron chi connectivity index (χ4n) is 4.08. The molecule has 3 aromatic carbocycles. The van der Waals surface area contributed by atoms with E-state index < -0.39 is 5.60 Å². The third-order valence-electron chi connectivity index (χ3n) is 5.47. The largest absolute Gasteiger partial charge is 0.496 e. The summed E-state index contributed by atoms with van der Waals surface area (Å²) < 4.78 is 5.62. The molecular weight excluding hydrogens is 356 g/mol. The summed E-state index contributed by atoms with van der Waals surface area (Å²) in [5, 5.41) is 11.5. The molecule has 3 aromatic rings. The maximum atomic E-state index is 11.5. The van der Waals surface area contributed by atoms with E-state index in [0.29, 0.717) is 19.3 Å². The van der Waals surface area contributed by atoms with Gasteiger partial charge in [-0.3, -0.25) is 0 Å². The van der Waals surface area contributed by atoms with Crippen LogP contribution in [0.2, 0.25) is 0 Å². The fraction of sp³-hybridized carbons (Fsp3) is 0.185. The molecule has 0 saturated heterocycles. The summed E-state index contributed by atoms with van der Waals surface area (Å²) in [5.74, 6) is 0.839. The molecule has 1 unspecified atom stereocenters. The van der Waals surface area contributed by atoms with Crippen molar-refractivity contribution in [3.63, 3.8) is 0 Å². The molecule has 4 rings (SSSR count). The van der Waals surface area contributed by atoms with Gasteiger partial charge in [0.25, 0.3) is 0 Å². The number of methoxy groups -OCH3 is 1. The molecule has 29 heavy (non-hydrogen) atoms. The summed E-state index contributed by atoms with van der Waals surface area (Å²) in [6.07, 6.45) is 8.12. The first kappa shape index (κ1) is 19.2. The van der Waals surface area contributed by atoms with Crippen molar-refractivity contribution in [1.82, 2.24) is 0 Å². The average Bonchev–Trinajstić information content (AvgIpc) is 2.75. The molecule has 0 aromatic heterocycles. The molecule has 2 nitrogen and oxygen atoms in total. The van der Waals surface area contributed by atoms with Crippen molar-refractivity contribution in [3.8, 4) is 5.75 Å². The van der Waals surface area contributed by atoms with Gasteiger partial charge in [0.05, 0.1) is 12.7 Å². The molecule has 0 saturated carbocycles. The van der Waals surface area contributed by atoms with Gasteiger partial charge in [0.15, 0.2) is 0 Å². The summed E-state index contributed by atoms with van der Waals surface area (Å²) in [7, 11) is 1.69. The smallest absolute Gasteiger partial charge is 0.122 e. The van der Waals surface area contributed by atoms with Crippen molar-refractivity contribution in [1.29, 1.82) is 0 Å². The van der Waals surface area contributed by atoms with E-state index in [9.17, 15) is 5.11 Å². The molecule has 0 radical (unpaired) electrons. The molecule has 2 heteroatoms. The van der Waals surface area contributed by atoms with Crippen molar-refractivity contribution in [2.45, 2.75) is 24.9 Å². The molecule has 1 aliphatic rings. The highest BCUT2D eigenvalue weighted by Gasteiger charge is 2.35. The SMILES string of the molecule is COc1cccc2c1CC(O)(C/C=C/c1ccccc1)C/C2=C\c1ccccc1. The molecule has 146 valence electrons. The summed E-state index contributed by atoms with van der Waals surface area (Å²) in [4.78, 5) is 0. The summed E-state index contributed by atoms with van der Waals surface area (Å²) in [6, 6.07) is 26.6. The van der Waals surface area contributed by atoms with E-state index in [2.05, 4.69) is 48.6 Å². The van der Waals surface area contributed by atoms with Crippen molar-refractivity contribution >= 4 is 17.7 Å². The molecule has 0 amide bonds. The Hall–Kier alpha value is -3.10. The summed E-state index contributed by atoms with van der Waals surface area (Å²) in [5.41, 5.74) is 4.84. The maximum Gasteiger partial charge on any atom is 0.122 e. The molecule has 0 spiro atoms. The zero-order chi connectivity index (χ0) is 20.1. The molecule has 0 heterocycles. The maximum absolute atomic E-state index is 11.5. The van der Waals surface area contributed by atoms with Crippen LogP contribution in [0.1, 0.15) is 35.1 Å². The van der Waals surface area contributed by atoms with E-state index in [1.165, 1.54) is 5.56 Å². The van der Waals surface area contributed by atoms with Crippen molar-refractivity contribution in [2.75, 3.05) is 7.11 Å². The Labute approximate surface area is 172 Å². The number of hydrogen-bond donors (Lipinski definition) is 1. The van der Waals surface area contributed by atoms with Crippen molar-refractivity contribution in [3.05, 3.63) is 107 Å². The number of ether oxygens (including phenoxy) is 1. The van der Waals surface area contributed by atoms with E-state index in [4.69, 9.17) is 4.74 Å². The standard InChI is InChI=1S/C27H26O2/c1-29-26-16-8-15-24-23(18-22-12-6-3-7-13-22)19-27(28,20-25(24)26)17-9-14-21-10-4-2-5-11-21/h2-16,18,28H,17,19-20H2,1H3/b14-9+,23-18+. The molecular formula is C27H26O2. The minimum atomic E-state index is -0.840. The van der Waals surface area contributed by atoms with Gasteiger partial charge in [0, 0.05) is 18.4 Å². The van der Waals surface area contributed by atoms with Gasteiger partial charge in [0.2, 0.25) is 0 Å². The van der Waals surface area contributed by atoms with Crippen LogP contribution >= 0.6 is 0 Å². The van der Waals surface area contributed by atoms with Gasteiger partial charge in [0.1, 0.15) is 5.75 Å². The molecule has 0 aliphatic heterocycles. The predicted molar refractivity (Wildman–Crippen MR) is 121 cm³/mol. The zero-order valence-corrected chi connectivity index (χ0v) is 16.7. The van der Waals surface area contributed by atoms with Crippen LogP contribution in [0.25, 0.3) is 17.7 Å². The van der Waals surface area contributed by atoms with Crippen LogP contribution in [0.15, 0.2) is 84.9 Å². The van der Waals surface area contributed by atoms with Crippen LogP contribution < -0.4 is 4.74 Å². The van der Waals surface area contributed by atoms with E-state index in [1.807, 2.05) is 48.5 Å². The predicted octanol–water partition coefficient (Wildman–Crippen LogP) is 6.02. The first-order valence-corrected chi connectivity index (χ1v) is 10.0. The third kappa shape index (κ3) is 4.49. The number of fused-ring (bicyclic) bond motifs is 1. The topological polar surface area (TPSA) is 29.5 Å². The van der Waals surface area contributed by atoms with Crippen molar-refractivity contribution < 1.29 is 9.84 Å². The minimum absolute atomic E-state index is 0.581. The molecule has 0 fully saturated rings. The average molecular weight is 383 g/mol. The summed E-state index contributed by atoms with van der Waals surface area (Å²) in [6.45, 7) is 0. The van der Waals surface area contributed by atoms with E-state index >= 15 is 0 Å². The van der Waals surface area contributed by atoms with Gasteiger partial charge in [-0.15, -0.1) is 0 Å². The second kappa shape index (κ2) is 8.50. The molecule has 0 bridgehead atoms. The van der Waals surface area contributed by atoms with Gasteiger partial charge in [-0.05, 0) is 34.8 Å². The highest BCUT2D eigenvalue weighted by atomic mass is 16.5. The molecule has 1 aliphatic carbocycles. The van der Waals surface area contributed by atoms with Gasteiger partial charge in [-0.2, -0.15) is 0 Å². The molecule has 1 N–H and O–H groups in total. The fourth-order valence-corrected chi connectivity index (χ4v) is 4.08. The van der Waals surface area contributed by atoms with Crippen LogP contribution in [0.5, 0.6) is 5.75 Å². The lowest BCUT2D eigenvalue weighted by atomic mass is 9.75. The Morgan fingerprint density at radius 1 is 0.862 bits per heavy atom. The van der Waals surface area contributed by atoms with Gasteiger partial charge >= 0.3 is 0 Å². The zero-order valence-electron chi connectivity index (χ0n) is 16.7. The normalized spacial score (nSPS) is 20.0. The van der Waals surface area contributed by atoms with Crippen LogP contribution in [0, 0.1) is 0 Å². The number of aliphatic hydroxyl groups is 1.